The van der Waals surface area contributed by atoms with Crippen molar-refractivity contribution in [1.29, 1.82) is 0 Å². The van der Waals surface area contributed by atoms with Gasteiger partial charge < -0.3 is 10.5 Å². The molecule has 1 aromatic rings. The Bertz CT molecular complexity index is 844. The molecule has 4 rings (SSSR count). The monoisotopic (exact) mass is 387 g/mol. The normalized spacial score (nSPS) is 40.6. The molecule has 144 valence electrons. The van der Waals surface area contributed by atoms with E-state index in [1.54, 1.807) is 6.92 Å². The van der Waals surface area contributed by atoms with Crippen molar-refractivity contribution in [2.75, 3.05) is 6.61 Å². The van der Waals surface area contributed by atoms with Crippen LogP contribution >= 0.6 is 7.82 Å². The smallest absolute Gasteiger partial charge is 0.347 e. The van der Waals surface area contributed by atoms with Crippen LogP contribution in [0.2, 0.25) is 0 Å². The molecule has 3 N–H and O–H groups in total. The van der Waals surface area contributed by atoms with Gasteiger partial charge in [0.1, 0.15) is 12.2 Å². The largest absolute Gasteiger partial charge is 0.475 e. The van der Waals surface area contributed by atoms with Crippen molar-refractivity contribution in [2.45, 2.75) is 62.7 Å². The highest BCUT2D eigenvalue weighted by Gasteiger charge is 2.59. The van der Waals surface area contributed by atoms with Crippen molar-refractivity contribution in [3.63, 3.8) is 0 Å². The molecule has 1 aliphatic carbocycles. The minimum Gasteiger partial charge on any atom is -0.347 e. The lowest BCUT2D eigenvalue weighted by Crippen LogP contribution is -2.55. The third-order valence-electron chi connectivity index (χ3n) is 5.11. The van der Waals surface area contributed by atoms with Crippen LogP contribution in [0, 0.1) is 0 Å². The fraction of sp³-hybridized carbons (Fsp3) is 0.733. The number of aromatic amines is 1. The van der Waals surface area contributed by atoms with Gasteiger partial charge >= 0.3 is 13.5 Å². The minimum atomic E-state index is -3.76. The van der Waals surface area contributed by atoms with Crippen molar-refractivity contribution >= 4 is 7.82 Å². The van der Waals surface area contributed by atoms with E-state index in [1.165, 1.54) is 16.8 Å². The maximum absolute atomic E-state index is 12.9. The quantitative estimate of drug-likeness (QED) is 0.721. The molecule has 3 aliphatic rings. The van der Waals surface area contributed by atoms with Crippen molar-refractivity contribution in [2.24, 2.45) is 5.73 Å². The van der Waals surface area contributed by atoms with Crippen LogP contribution in [0.4, 0.5) is 0 Å². The molecule has 3 heterocycles. The lowest BCUT2D eigenvalue weighted by Gasteiger charge is -2.36. The summed E-state index contributed by atoms with van der Waals surface area (Å²) in [5.74, 6) is 0. The number of hydrogen-bond acceptors (Lipinski definition) is 8. The molecule has 0 radical (unpaired) electrons. The van der Waals surface area contributed by atoms with Gasteiger partial charge in [0.25, 0.3) is 5.56 Å². The van der Waals surface area contributed by atoms with Gasteiger partial charge in [0.15, 0.2) is 6.23 Å². The van der Waals surface area contributed by atoms with E-state index >= 15 is 0 Å². The average molecular weight is 387 g/mol. The van der Waals surface area contributed by atoms with Crippen LogP contribution < -0.4 is 17.0 Å². The lowest BCUT2D eigenvalue weighted by atomic mass is 9.93. The Morgan fingerprint density at radius 3 is 2.81 bits per heavy atom. The Labute approximate surface area is 149 Å². The third-order valence-corrected chi connectivity index (χ3v) is 6.62. The SMILES string of the molecule is C[C@@]1(N)[C@@H]2O[P@@](=O)(OC3CCCC3)OC[C@H]2O[C@H]1n1ccc(=O)[nH]c1=O. The van der Waals surface area contributed by atoms with Crippen LogP contribution in [0.15, 0.2) is 21.9 Å². The predicted molar refractivity (Wildman–Crippen MR) is 89.6 cm³/mol. The summed E-state index contributed by atoms with van der Waals surface area (Å²) in [4.78, 5) is 25.5. The first kappa shape index (κ1) is 18.1. The van der Waals surface area contributed by atoms with Crippen LogP contribution in [0.5, 0.6) is 0 Å². The second-order valence-corrected chi connectivity index (χ2v) is 8.77. The van der Waals surface area contributed by atoms with E-state index in [9.17, 15) is 14.2 Å². The molecule has 1 saturated carbocycles. The van der Waals surface area contributed by atoms with E-state index in [2.05, 4.69) is 4.98 Å². The van der Waals surface area contributed by atoms with Gasteiger partial charge in [-0.15, -0.1) is 0 Å². The number of aromatic nitrogens is 2. The first-order valence-corrected chi connectivity index (χ1v) is 10.1. The van der Waals surface area contributed by atoms with Gasteiger partial charge in [0, 0.05) is 12.3 Å². The predicted octanol–water partition coefficient (Wildman–Crippen LogP) is 0.634. The van der Waals surface area contributed by atoms with Crippen molar-refractivity contribution in [3.05, 3.63) is 33.1 Å². The molecule has 0 spiro atoms. The number of nitrogens with zero attached hydrogens (tertiary/aromatic N) is 1. The van der Waals surface area contributed by atoms with Crippen LogP contribution in [0.1, 0.15) is 38.8 Å². The van der Waals surface area contributed by atoms with Crippen LogP contribution in [0.25, 0.3) is 0 Å². The summed E-state index contributed by atoms with van der Waals surface area (Å²) >= 11 is 0. The van der Waals surface area contributed by atoms with Crippen LogP contribution in [-0.2, 0) is 22.9 Å². The number of nitrogens with one attached hydrogen (secondary N) is 1. The molecule has 0 bridgehead atoms. The Kier molecular flexibility index (Phi) is 4.45. The molecular weight excluding hydrogens is 365 g/mol. The number of rotatable bonds is 3. The number of nitrogens with two attached hydrogens (primary N) is 1. The molecular formula is C15H22N3O7P. The van der Waals surface area contributed by atoms with Gasteiger partial charge in [-0.1, -0.05) is 12.8 Å². The first-order valence-electron chi connectivity index (χ1n) is 8.66. The number of H-pyrrole nitrogens is 1. The van der Waals surface area contributed by atoms with E-state index in [0.29, 0.717) is 0 Å². The molecule has 2 aliphatic heterocycles. The van der Waals surface area contributed by atoms with E-state index < -0.39 is 43.0 Å². The number of phosphoric acid groups is 1. The van der Waals surface area contributed by atoms with Gasteiger partial charge in [-0.25, -0.2) is 9.36 Å². The maximum atomic E-state index is 12.9. The summed E-state index contributed by atoms with van der Waals surface area (Å²) in [6, 6.07) is 1.20. The number of fused-ring (bicyclic) bond motifs is 1. The summed E-state index contributed by atoms with van der Waals surface area (Å²) in [5.41, 5.74) is 4.05. The molecule has 1 aromatic heterocycles. The Morgan fingerprint density at radius 1 is 1.38 bits per heavy atom. The average Bonchev–Trinajstić information content (AvgIpc) is 3.14. The van der Waals surface area contributed by atoms with Crippen molar-refractivity contribution < 1.29 is 22.9 Å². The van der Waals surface area contributed by atoms with Crippen molar-refractivity contribution in [3.8, 4) is 0 Å². The standard InChI is InChI=1S/C15H22N3O7P/c1-15(16)12-10(23-13(15)18-7-6-11(19)17-14(18)20)8-22-26(21,25-12)24-9-4-2-3-5-9/h6-7,9-10,12-13H,2-5,8,16H2,1H3,(H,17,19,20)/t10-,12-,13-,15-,26-/m1/s1. The maximum Gasteiger partial charge on any atom is 0.475 e. The summed E-state index contributed by atoms with van der Waals surface area (Å²) in [7, 11) is -3.76. The molecule has 26 heavy (non-hydrogen) atoms. The van der Waals surface area contributed by atoms with Crippen LogP contribution in [0.3, 0.4) is 0 Å². The Morgan fingerprint density at radius 2 is 2.12 bits per heavy atom. The summed E-state index contributed by atoms with van der Waals surface area (Å²) < 4.78 is 36.5. The van der Waals surface area contributed by atoms with Crippen LogP contribution in [-0.4, -0.2) is 40.0 Å². The second-order valence-electron chi connectivity index (χ2n) is 7.19. The molecule has 0 unspecified atom stereocenters. The van der Waals surface area contributed by atoms with E-state index in [0.717, 1.165) is 25.7 Å². The van der Waals surface area contributed by atoms with Gasteiger partial charge in [0.05, 0.1) is 18.2 Å². The number of ether oxygens (including phenoxy) is 1. The van der Waals surface area contributed by atoms with Gasteiger partial charge in [0.2, 0.25) is 0 Å². The van der Waals surface area contributed by atoms with E-state index in [4.69, 9.17) is 24.0 Å². The van der Waals surface area contributed by atoms with E-state index in [-0.39, 0.29) is 12.7 Å². The molecule has 2 saturated heterocycles. The van der Waals surface area contributed by atoms with Gasteiger partial charge in [-0.3, -0.25) is 27.9 Å². The zero-order chi connectivity index (χ0) is 18.5. The summed E-state index contributed by atoms with van der Waals surface area (Å²) in [6.45, 7) is 1.63. The highest BCUT2D eigenvalue weighted by atomic mass is 31.2. The third kappa shape index (κ3) is 3.11. The first-order chi connectivity index (χ1) is 12.3. The second kappa shape index (κ2) is 6.40. The Balaban J connectivity index is 1.58. The highest BCUT2D eigenvalue weighted by molar-refractivity contribution is 7.48. The number of phosphoric ester groups is 1. The lowest BCUT2D eigenvalue weighted by molar-refractivity contribution is -0.0759. The molecule has 11 heteroatoms. The topological polar surface area (TPSA) is 135 Å². The Hall–Kier alpha value is -1.29. The summed E-state index contributed by atoms with van der Waals surface area (Å²) in [6.07, 6.45) is 2.52. The minimum absolute atomic E-state index is 0.0178. The molecule has 3 fully saturated rings. The van der Waals surface area contributed by atoms with Gasteiger partial charge in [-0.2, -0.15) is 0 Å². The fourth-order valence-corrected chi connectivity index (χ4v) is 5.49. The van der Waals surface area contributed by atoms with Gasteiger partial charge in [-0.05, 0) is 19.8 Å². The zero-order valence-electron chi connectivity index (χ0n) is 14.3. The highest BCUT2D eigenvalue weighted by Crippen LogP contribution is 2.59. The zero-order valence-corrected chi connectivity index (χ0v) is 15.2. The number of hydrogen-bond donors (Lipinski definition) is 2. The molecule has 0 aromatic carbocycles. The summed E-state index contributed by atoms with van der Waals surface area (Å²) in [5, 5.41) is 0. The van der Waals surface area contributed by atoms with Crippen molar-refractivity contribution in [1.82, 2.24) is 9.55 Å². The fourth-order valence-electron chi connectivity index (χ4n) is 3.78. The molecule has 0 amide bonds. The molecule has 5 atom stereocenters. The molecule has 10 nitrogen and oxygen atoms in total. The van der Waals surface area contributed by atoms with E-state index in [1.807, 2.05) is 0 Å².